The molecule has 1 saturated heterocycles. The number of nitrogens with one attached hydrogen (secondary N) is 2. The molecule has 0 radical (unpaired) electrons. The third-order valence-corrected chi connectivity index (χ3v) is 6.60. The Hall–Kier alpha value is -2.54. The number of halogens is 1. The molecule has 1 fully saturated rings. The summed E-state index contributed by atoms with van der Waals surface area (Å²) >= 11 is 0. The topological polar surface area (TPSA) is 156 Å². The number of carbonyl (C=O) groups excluding carboxylic acids is 2. The Kier molecular flexibility index (Phi) is 8.52. The molecule has 2 aliphatic heterocycles. The van der Waals surface area contributed by atoms with Gasteiger partial charge in [-0.2, -0.15) is 5.09 Å². The van der Waals surface area contributed by atoms with Crippen LogP contribution in [0.5, 0.6) is 5.75 Å². The minimum atomic E-state index is -4.47. The fourth-order valence-electron chi connectivity index (χ4n) is 3.27. The Morgan fingerprint density at radius 2 is 2.03 bits per heavy atom. The van der Waals surface area contributed by atoms with Crippen molar-refractivity contribution in [2.45, 2.75) is 57.2 Å². The van der Waals surface area contributed by atoms with Crippen LogP contribution in [0.25, 0.3) is 0 Å². The number of hydrogen-bond acceptors (Lipinski definition) is 9. The molecule has 1 aromatic rings. The molecule has 0 bridgehead atoms. The Labute approximate surface area is 201 Å². The summed E-state index contributed by atoms with van der Waals surface area (Å²) in [5.74, 6) is -3.75. The summed E-state index contributed by atoms with van der Waals surface area (Å²) in [7, 11) is -4.47. The maximum absolute atomic E-state index is 15.6. The molecule has 0 spiro atoms. The van der Waals surface area contributed by atoms with Gasteiger partial charge in [0.1, 0.15) is 30.6 Å². The number of aliphatic hydroxyl groups excluding tert-OH is 2. The summed E-state index contributed by atoms with van der Waals surface area (Å²) in [5, 5.41) is 25.5. The van der Waals surface area contributed by atoms with Crippen molar-refractivity contribution in [2.24, 2.45) is 0 Å². The zero-order valence-electron chi connectivity index (χ0n) is 19.4. The standard InChI is InChI=1S/C21H29FN3O9P/c1-13(2)32-19(28)14(3)24-35(30,34-15-8-5-4-6-9-15)31-12-21(22)17(27)16(26)18(33-21)25-11-7-10-23-20(25)29/h4-9,11,13-14,16-18,26-27H,10,12H2,1-3H3,(H,23,29)(H,24,30). The highest BCUT2D eigenvalue weighted by molar-refractivity contribution is 7.52. The van der Waals surface area contributed by atoms with E-state index in [4.69, 9.17) is 18.5 Å². The van der Waals surface area contributed by atoms with Gasteiger partial charge in [-0.25, -0.2) is 13.8 Å². The molecule has 4 N–H and O–H groups in total. The van der Waals surface area contributed by atoms with Crippen LogP contribution in [0.2, 0.25) is 0 Å². The molecule has 6 unspecified atom stereocenters. The van der Waals surface area contributed by atoms with Crippen LogP contribution in [0.1, 0.15) is 20.8 Å². The number of para-hydroxylation sites is 1. The van der Waals surface area contributed by atoms with E-state index in [0.717, 1.165) is 4.90 Å². The van der Waals surface area contributed by atoms with Gasteiger partial charge in [-0.1, -0.05) is 18.2 Å². The van der Waals surface area contributed by atoms with Crippen LogP contribution in [0.15, 0.2) is 42.6 Å². The number of urea groups is 1. The molecular formula is C21H29FN3O9P. The van der Waals surface area contributed by atoms with Crippen LogP contribution in [0.4, 0.5) is 9.18 Å². The second kappa shape index (κ2) is 11.0. The molecule has 0 saturated carbocycles. The summed E-state index contributed by atoms with van der Waals surface area (Å²) in [4.78, 5) is 25.1. The van der Waals surface area contributed by atoms with E-state index >= 15 is 4.39 Å². The van der Waals surface area contributed by atoms with Crippen molar-refractivity contribution in [1.82, 2.24) is 15.3 Å². The molecule has 6 atom stereocenters. The summed E-state index contributed by atoms with van der Waals surface area (Å²) in [6, 6.07) is 5.93. The number of carbonyl (C=O) groups is 2. The van der Waals surface area contributed by atoms with Gasteiger partial charge in [0.2, 0.25) is 0 Å². The summed E-state index contributed by atoms with van der Waals surface area (Å²) in [5.41, 5.74) is 0. The monoisotopic (exact) mass is 517 g/mol. The molecule has 2 aliphatic rings. The number of alkyl halides is 1. The van der Waals surface area contributed by atoms with Gasteiger partial charge >= 0.3 is 19.7 Å². The van der Waals surface area contributed by atoms with Crippen molar-refractivity contribution in [2.75, 3.05) is 13.2 Å². The van der Waals surface area contributed by atoms with Crippen LogP contribution in [-0.2, 0) is 23.4 Å². The number of rotatable bonds is 10. The third kappa shape index (κ3) is 6.57. The molecular weight excluding hydrogens is 488 g/mol. The van der Waals surface area contributed by atoms with E-state index in [0.29, 0.717) is 0 Å². The minimum absolute atomic E-state index is 0.0848. The van der Waals surface area contributed by atoms with E-state index < -0.39 is 62.8 Å². The molecule has 0 aliphatic carbocycles. The van der Waals surface area contributed by atoms with E-state index in [1.807, 2.05) is 0 Å². The van der Waals surface area contributed by atoms with Crippen LogP contribution in [-0.4, -0.2) is 76.7 Å². The highest BCUT2D eigenvalue weighted by Gasteiger charge is 2.58. The molecule has 12 nitrogen and oxygen atoms in total. The maximum Gasteiger partial charge on any atom is 0.459 e. The lowest BCUT2D eigenvalue weighted by molar-refractivity contribution is -0.204. The van der Waals surface area contributed by atoms with Gasteiger partial charge in [0.05, 0.1) is 6.10 Å². The molecule has 0 aromatic heterocycles. The summed E-state index contributed by atoms with van der Waals surface area (Å²) in [6.45, 7) is 3.67. The first-order chi connectivity index (χ1) is 16.4. The van der Waals surface area contributed by atoms with Crippen molar-refractivity contribution in [3.05, 3.63) is 42.6 Å². The van der Waals surface area contributed by atoms with Gasteiger partial charge in [0, 0.05) is 12.7 Å². The van der Waals surface area contributed by atoms with Crippen molar-refractivity contribution in [3.8, 4) is 5.75 Å². The quantitative estimate of drug-likeness (QED) is 0.264. The Bertz CT molecular complexity index is 982. The van der Waals surface area contributed by atoms with E-state index in [-0.39, 0.29) is 12.3 Å². The Morgan fingerprint density at radius 3 is 2.66 bits per heavy atom. The highest BCUT2D eigenvalue weighted by Crippen LogP contribution is 2.47. The van der Waals surface area contributed by atoms with Crippen LogP contribution >= 0.6 is 7.75 Å². The van der Waals surface area contributed by atoms with Crippen molar-refractivity contribution >= 4 is 19.7 Å². The smallest absolute Gasteiger partial charge is 0.459 e. The molecule has 14 heteroatoms. The maximum atomic E-state index is 15.6. The first kappa shape index (κ1) is 27.1. The lowest BCUT2D eigenvalue weighted by Crippen LogP contribution is -2.50. The van der Waals surface area contributed by atoms with E-state index in [9.17, 15) is 24.4 Å². The number of hydrogen-bond donors (Lipinski definition) is 4. The summed E-state index contributed by atoms with van der Waals surface area (Å²) < 4.78 is 50.0. The van der Waals surface area contributed by atoms with E-state index in [1.54, 1.807) is 32.0 Å². The second-order valence-corrected chi connectivity index (χ2v) is 9.91. The molecule has 2 amide bonds. The normalized spacial score (nSPS) is 28.9. The Balaban J connectivity index is 1.77. The van der Waals surface area contributed by atoms with E-state index in [1.165, 1.54) is 31.3 Å². The average Bonchev–Trinajstić information content (AvgIpc) is 3.03. The van der Waals surface area contributed by atoms with Gasteiger partial charge in [-0.05, 0) is 39.0 Å². The van der Waals surface area contributed by atoms with Crippen LogP contribution in [0.3, 0.4) is 0 Å². The van der Waals surface area contributed by atoms with E-state index in [2.05, 4.69) is 10.4 Å². The van der Waals surface area contributed by atoms with Crippen molar-refractivity contribution < 1.29 is 47.3 Å². The number of benzene rings is 1. The second-order valence-electron chi connectivity index (χ2n) is 8.22. The van der Waals surface area contributed by atoms with Crippen LogP contribution < -0.4 is 14.9 Å². The predicted molar refractivity (Wildman–Crippen MR) is 120 cm³/mol. The fourth-order valence-corrected chi connectivity index (χ4v) is 4.78. The predicted octanol–water partition coefficient (Wildman–Crippen LogP) is 1.40. The molecule has 3 rings (SSSR count). The molecule has 194 valence electrons. The van der Waals surface area contributed by atoms with Gasteiger partial charge < -0.3 is 29.5 Å². The zero-order valence-corrected chi connectivity index (χ0v) is 20.3. The van der Waals surface area contributed by atoms with Gasteiger partial charge in [0.25, 0.3) is 5.85 Å². The van der Waals surface area contributed by atoms with Gasteiger partial charge in [-0.15, -0.1) is 0 Å². The number of ether oxygens (including phenoxy) is 2. The number of aliphatic hydroxyl groups is 2. The molecule has 1 aromatic carbocycles. The molecule has 2 heterocycles. The van der Waals surface area contributed by atoms with Crippen molar-refractivity contribution in [3.63, 3.8) is 0 Å². The number of esters is 1. The largest absolute Gasteiger partial charge is 0.462 e. The third-order valence-electron chi connectivity index (χ3n) is 4.98. The Morgan fingerprint density at radius 1 is 1.34 bits per heavy atom. The lowest BCUT2D eigenvalue weighted by Gasteiger charge is -2.30. The number of nitrogens with zero attached hydrogens (tertiary/aromatic N) is 1. The first-order valence-electron chi connectivity index (χ1n) is 10.9. The SMILES string of the molecule is CC(C)OC(=O)C(C)NP(=O)(OCC1(F)OC(N2C=CCNC2=O)C(O)C1O)Oc1ccccc1. The minimum Gasteiger partial charge on any atom is -0.462 e. The average molecular weight is 517 g/mol. The van der Waals surface area contributed by atoms with Crippen molar-refractivity contribution in [1.29, 1.82) is 0 Å². The fraction of sp³-hybridized carbons (Fsp3) is 0.524. The van der Waals surface area contributed by atoms with Crippen LogP contribution in [0, 0.1) is 0 Å². The van der Waals surface area contributed by atoms with Gasteiger partial charge in [0.15, 0.2) is 6.23 Å². The number of amides is 2. The lowest BCUT2D eigenvalue weighted by atomic mass is 10.1. The highest BCUT2D eigenvalue weighted by atomic mass is 31.2. The molecule has 35 heavy (non-hydrogen) atoms. The van der Waals surface area contributed by atoms with Gasteiger partial charge in [-0.3, -0.25) is 14.2 Å². The zero-order chi connectivity index (χ0) is 25.8. The first-order valence-corrected chi connectivity index (χ1v) is 12.4. The summed E-state index contributed by atoms with van der Waals surface area (Å²) in [6.07, 6.45) is -3.24.